The molecule has 1 aromatic rings. The van der Waals surface area contributed by atoms with Crippen molar-refractivity contribution in [1.29, 1.82) is 0 Å². The van der Waals surface area contributed by atoms with Crippen LogP contribution >= 0.6 is 11.3 Å². The number of amides is 2. The Morgan fingerprint density at radius 2 is 1.94 bits per heavy atom. The van der Waals surface area contributed by atoms with Gasteiger partial charge in [-0.15, -0.1) is 0 Å². The smallest absolute Gasteiger partial charge is 0.230 e. The summed E-state index contributed by atoms with van der Waals surface area (Å²) in [5, 5.41) is 4.24. The topological polar surface area (TPSA) is 40.6 Å². The molecule has 2 amide bonds. The van der Waals surface area contributed by atoms with Crippen molar-refractivity contribution in [1.82, 2.24) is 9.80 Å². The Hall–Kier alpha value is -1.20. The number of carbonyl (C=O) groups is 2. The Bertz CT molecular complexity index is 449. The van der Waals surface area contributed by atoms with Gasteiger partial charge in [0.1, 0.15) is 0 Å². The molecule has 96 valence electrons. The molecule has 0 aromatic carbocycles. The molecule has 2 saturated heterocycles. The molecular weight excluding hydrogens is 248 g/mol. The van der Waals surface area contributed by atoms with E-state index >= 15 is 0 Å². The van der Waals surface area contributed by atoms with Gasteiger partial charge in [0, 0.05) is 32.0 Å². The summed E-state index contributed by atoms with van der Waals surface area (Å²) >= 11 is 1.70. The van der Waals surface area contributed by atoms with Crippen molar-refractivity contribution in [2.45, 2.75) is 31.8 Å². The molecule has 5 heteroatoms. The normalized spacial score (nSPS) is 23.5. The Morgan fingerprint density at radius 1 is 1.28 bits per heavy atom. The average Bonchev–Trinajstić information content (AvgIpc) is 2.90. The van der Waals surface area contributed by atoms with Gasteiger partial charge >= 0.3 is 0 Å². The second-order valence-corrected chi connectivity index (χ2v) is 5.78. The van der Waals surface area contributed by atoms with Gasteiger partial charge in [-0.2, -0.15) is 11.3 Å². The predicted octanol–water partition coefficient (Wildman–Crippen LogP) is 1.64. The third-order valence-corrected chi connectivity index (χ3v) is 4.62. The molecule has 2 fully saturated rings. The van der Waals surface area contributed by atoms with E-state index in [2.05, 4.69) is 28.7 Å². The quantitative estimate of drug-likeness (QED) is 0.779. The predicted molar refractivity (Wildman–Crippen MR) is 69.2 cm³/mol. The van der Waals surface area contributed by atoms with Crippen LogP contribution in [0.1, 0.15) is 31.4 Å². The highest BCUT2D eigenvalue weighted by atomic mass is 32.1. The van der Waals surface area contributed by atoms with Crippen LogP contribution in [0.5, 0.6) is 0 Å². The average molecular weight is 264 g/mol. The monoisotopic (exact) mass is 264 g/mol. The summed E-state index contributed by atoms with van der Waals surface area (Å²) in [6.07, 6.45) is 0.796. The molecule has 0 aliphatic carbocycles. The van der Waals surface area contributed by atoms with E-state index in [0.29, 0.717) is 18.9 Å². The summed E-state index contributed by atoms with van der Waals surface area (Å²) < 4.78 is 0. The number of rotatable bonds is 3. The maximum atomic E-state index is 11.6. The fourth-order valence-corrected chi connectivity index (χ4v) is 3.44. The fraction of sp³-hybridized carbons (Fsp3) is 0.538. The largest absolute Gasteiger partial charge is 0.292 e. The van der Waals surface area contributed by atoms with Crippen molar-refractivity contribution in [2.24, 2.45) is 0 Å². The van der Waals surface area contributed by atoms with Gasteiger partial charge in [0.2, 0.25) is 11.8 Å². The van der Waals surface area contributed by atoms with E-state index in [1.807, 2.05) is 0 Å². The second-order valence-electron chi connectivity index (χ2n) is 5.00. The van der Waals surface area contributed by atoms with E-state index in [1.165, 1.54) is 10.5 Å². The van der Waals surface area contributed by atoms with Crippen LogP contribution in [0.25, 0.3) is 0 Å². The summed E-state index contributed by atoms with van der Waals surface area (Å²) in [5.74, 6) is 0.0145. The van der Waals surface area contributed by atoms with Crippen LogP contribution in [0.3, 0.4) is 0 Å². The molecule has 0 spiro atoms. The number of hydrogen-bond donors (Lipinski definition) is 0. The van der Waals surface area contributed by atoms with Crippen LogP contribution in [0.2, 0.25) is 0 Å². The van der Waals surface area contributed by atoms with Crippen LogP contribution in [0.15, 0.2) is 16.8 Å². The number of thiophene rings is 1. The molecule has 2 aliphatic heterocycles. The Balaban J connectivity index is 1.60. The van der Waals surface area contributed by atoms with Crippen molar-refractivity contribution in [3.8, 4) is 0 Å². The first-order chi connectivity index (χ1) is 8.66. The highest BCUT2D eigenvalue weighted by molar-refractivity contribution is 7.07. The van der Waals surface area contributed by atoms with E-state index in [0.717, 1.165) is 13.1 Å². The van der Waals surface area contributed by atoms with Gasteiger partial charge in [0.25, 0.3) is 0 Å². The minimum Gasteiger partial charge on any atom is -0.292 e. The first kappa shape index (κ1) is 11.9. The molecule has 18 heavy (non-hydrogen) atoms. The Kier molecular flexibility index (Phi) is 2.95. The van der Waals surface area contributed by atoms with Gasteiger partial charge in [0.15, 0.2) is 0 Å². The van der Waals surface area contributed by atoms with Crippen LogP contribution in [0, 0.1) is 0 Å². The molecule has 1 aromatic heterocycles. The molecule has 2 aliphatic rings. The zero-order chi connectivity index (χ0) is 12.7. The van der Waals surface area contributed by atoms with Crippen molar-refractivity contribution >= 4 is 23.2 Å². The van der Waals surface area contributed by atoms with E-state index in [1.54, 1.807) is 11.3 Å². The lowest BCUT2D eigenvalue weighted by atomic mass is 10.0. The van der Waals surface area contributed by atoms with Gasteiger partial charge in [-0.25, -0.2) is 0 Å². The molecule has 0 saturated carbocycles. The van der Waals surface area contributed by atoms with Crippen molar-refractivity contribution < 1.29 is 9.59 Å². The minimum absolute atomic E-state index is 0.00726. The summed E-state index contributed by atoms with van der Waals surface area (Å²) in [6, 6.07) is 2.61. The van der Waals surface area contributed by atoms with E-state index in [9.17, 15) is 9.59 Å². The molecule has 1 unspecified atom stereocenters. The van der Waals surface area contributed by atoms with E-state index in [-0.39, 0.29) is 17.9 Å². The molecule has 0 bridgehead atoms. The second kappa shape index (κ2) is 4.48. The van der Waals surface area contributed by atoms with Crippen molar-refractivity contribution in [2.75, 3.05) is 13.1 Å². The lowest BCUT2D eigenvalue weighted by molar-refractivity contribution is -0.145. The van der Waals surface area contributed by atoms with Gasteiger partial charge < -0.3 is 0 Å². The number of carbonyl (C=O) groups excluding carboxylic acids is 2. The number of hydrogen-bond acceptors (Lipinski definition) is 4. The summed E-state index contributed by atoms with van der Waals surface area (Å²) in [5.41, 5.74) is 1.32. The SMILES string of the molecule is CC(c1ccsc1)N1CC(N2C(=O)CCC2=O)C1. The Morgan fingerprint density at radius 3 is 2.50 bits per heavy atom. The highest BCUT2D eigenvalue weighted by Crippen LogP contribution is 2.30. The molecule has 4 nitrogen and oxygen atoms in total. The van der Waals surface area contributed by atoms with Gasteiger partial charge in [-0.1, -0.05) is 0 Å². The van der Waals surface area contributed by atoms with Crippen LogP contribution in [-0.2, 0) is 9.59 Å². The first-order valence-electron chi connectivity index (χ1n) is 6.28. The lowest BCUT2D eigenvalue weighted by Crippen LogP contribution is -2.60. The molecule has 1 atom stereocenters. The van der Waals surface area contributed by atoms with Gasteiger partial charge in [-0.05, 0) is 29.3 Å². The third-order valence-electron chi connectivity index (χ3n) is 3.92. The zero-order valence-corrected chi connectivity index (χ0v) is 11.2. The summed E-state index contributed by atoms with van der Waals surface area (Å²) in [6.45, 7) is 3.80. The minimum atomic E-state index is 0.00726. The maximum absolute atomic E-state index is 11.6. The first-order valence-corrected chi connectivity index (χ1v) is 7.22. The van der Waals surface area contributed by atoms with Gasteiger partial charge in [0.05, 0.1) is 6.04 Å². The van der Waals surface area contributed by atoms with E-state index in [4.69, 9.17) is 0 Å². The molecule has 3 rings (SSSR count). The number of likely N-dealkylation sites (tertiary alicyclic amines) is 2. The summed E-state index contributed by atoms with van der Waals surface area (Å²) in [4.78, 5) is 27.0. The lowest BCUT2D eigenvalue weighted by Gasteiger charge is -2.46. The van der Waals surface area contributed by atoms with Crippen LogP contribution in [-0.4, -0.2) is 40.7 Å². The molecule has 0 radical (unpaired) electrons. The maximum Gasteiger partial charge on any atom is 0.230 e. The van der Waals surface area contributed by atoms with Crippen LogP contribution < -0.4 is 0 Å². The molecular formula is C13H16N2O2S. The molecule has 0 N–H and O–H groups in total. The molecule has 3 heterocycles. The number of imide groups is 1. The van der Waals surface area contributed by atoms with Gasteiger partial charge in [-0.3, -0.25) is 19.4 Å². The summed E-state index contributed by atoms with van der Waals surface area (Å²) in [7, 11) is 0. The zero-order valence-electron chi connectivity index (χ0n) is 10.3. The van der Waals surface area contributed by atoms with Crippen molar-refractivity contribution in [3.63, 3.8) is 0 Å². The Labute approximate surface area is 110 Å². The fourth-order valence-electron chi connectivity index (χ4n) is 2.69. The van der Waals surface area contributed by atoms with Crippen LogP contribution in [0.4, 0.5) is 0 Å². The highest BCUT2D eigenvalue weighted by Gasteiger charge is 2.42. The van der Waals surface area contributed by atoms with E-state index < -0.39 is 0 Å². The third kappa shape index (κ3) is 1.87. The standard InChI is InChI=1S/C13H16N2O2S/c1-9(10-4-5-18-8-10)14-6-11(7-14)15-12(16)2-3-13(15)17/h4-5,8-9,11H,2-3,6-7H2,1H3. The number of nitrogens with zero attached hydrogens (tertiary/aromatic N) is 2. The van der Waals surface area contributed by atoms with Crippen molar-refractivity contribution in [3.05, 3.63) is 22.4 Å².